The van der Waals surface area contributed by atoms with Gasteiger partial charge in [0.2, 0.25) is 0 Å². The molecule has 2 aromatic rings. The molecule has 0 unspecified atom stereocenters. The molecule has 7 heteroatoms. The summed E-state index contributed by atoms with van der Waals surface area (Å²) in [5.41, 5.74) is 2.96. The van der Waals surface area contributed by atoms with Gasteiger partial charge in [0, 0.05) is 6.42 Å². The Morgan fingerprint density at radius 2 is 1.63 bits per heavy atom. The van der Waals surface area contributed by atoms with Gasteiger partial charge in [-0.15, -0.1) is 0 Å². The van der Waals surface area contributed by atoms with Crippen molar-refractivity contribution in [2.45, 2.75) is 12.5 Å². The topological polar surface area (TPSA) is 64.8 Å². The van der Waals surface area contributed by atoms with Gasteiger partial charge in [-0.3, -0.25) is 4.79 Å². The molecule has 0 aliphatic carbocycles. The smallest absolute Gasteiger partial charge is 0.298 e. The van der Waals surface area contributed by atoms with Crippen LogP contribution < -0.4 is 14.4 Å². The molecule has 0 saturated carbocycles. The summed E-state index contributed by atoms with van der Waals surface area (Å²) in [6, 6.07) is 15.6. The highest BCUT2D eigenvalue weighted by Gasteiger charge is 2.35. The Bertz CT molecular complexity index is 890. The standard InChI is InChI=1S/C23H27N3O4/c1-28-19-7-3-17(4-8-19)21-15-22(18-5-9-20(29-2)10-6-18)26(24-21)23(27)16-25-11-13-30-14-12-25/h3-10,22H,11-16H2,1-2H3/p+1/t22-/m0/s1. The summed E-state index contributed by atoms with van der Waals surface area (Å²) >= 11 is 0. The Balaban J connectivity index is 1.58. The second-order valence-corrected chi connectivity index (χ2v) is 7.55. The lowest BCUT2D eigenvalue weighted by Gasteiger charge is -2.27. The van der Waals surface area contributed by atoms with E-state index < -0.39 is 0 Å². The minimum absolute atomic E-state index is 0.0382. The number of ether oxygens (including phenoxy) is 3. The first-order chi connectivity index (χ1) is 14.7. The summed E-state index contributed by atoms with van der Waals surface area (Å²) in [5.74, 6) is 1.63. The predicted molar refractivity (Wildman–Crippen MR) is 113 cm³/mol. The first-order valence-electron chi connectivity index (χ1n) is 10.3. The van der Waals surface area contributed by atoms with Crippen molar-refractivity contribution in [2.75, 3.05) is 47.1 Å². The third-order valence-corrected chi connectivity index (χ3v) is 5.69. The van der Waals surface area contributed by atoms with E-state index in [2.05, 4.69) is 0 Å². The Labute approximate surface area is 176 Å². The molecule has 0 aromatic heterocycles. The Morgan fingerprint density at radius 3 is 2.23 bits per heavy atom. The summed E-state index contributed by atoms with van der Waals surface area (Å²) in [5, 5.41) is 6.43. The lowest BCUT2D eigenvalue weighted by atomic mass is 9.98. The van der Waals surface area contributed by atoms with Crippen molar-refractivity contribution in [1.82, 2.24) is 5.01 Å². The van der Waals surface area contributed by atoms with Crippen molar-refractivity contribution in [3.63, 3.8) is 0 Å². The lowest BCUT2D eigenvalue weighted by Crippen LogP contribution is -3.15. The van der Waals surface area contributed by atoms with Crippen LogP contribution in [0, 0.1) is 0 Å². The molecule has 4 rings (SSSR count). The van der Waals surface area contributed by atoms with Crippen LogP contribution in [0.25, 0.3) is 0 Å². The van der Waals surface area contributed by atoms with E-state index in [-0.39, 0.29) is 11.9 Å². The van der Waals surface area contributed by atoms with E-state index >= 15 is 0 Å². The number of hydrogen-bond acceptors (Lipinski definition) is 5. The van der Waals surface area contributed by atoms with Crippen LogP contribution in [0.2, 0.25) is 0 Å². The molecule has 0 radical (unpaired) electrons. The monoisotopic (exact) mass is 410 g/mol. The molecule has 7 nitrogen and oxygen atoms in total. The molecular formula is C23H28N3O4+. The number of rotatable bonds is 6. The van der Waals surface area contributed by atoms with Gasteiger partial charge in [0.25, 0.3) is 5.91 Å². The zero-order chi connectivity index (χ0) is 20.9. The van der Waals surface area contributed by atoms with Gasteiger partial charge >= 0.3 is 0 Å². The Morgan fingerprint density at radius 1 is 1.03 bits per heavy atom. The van der Waals surface area contributed by atoms with E-state index in [1.165, 1.54) is 4.90 Å². The molecule has 1 fully saturated rings. The van der Waals surface area contributed by atoms with Crippen molar-refractivity contribution < 1.29 is 23.9 Å². The summed E-state index contributed by atoms with van der Waals surface area (Å²) in [6.45, 7) is 3.52. The molecule has 0 bridgehead atoms. The van der Waals surface area contributed by atoms with Gasteiger partial charge in [-0.1, -0.05) is 12.1 Å². The molecule has 1 atom stereocenters. The normalized spacial score (nSPS) is 19.5. The van der Waals surface area contributed by atoms with Crippen molar-refractivity contribution in [2.24, 2.45) is 5.10 Å². The molecule has 2 heterocycles. The lowest BCUT2D eigenvalue weighted by molar-refractivity contribution is -0.900. The van der Waals surface area contributed by atoms with Gasteiger partial charge < -0.3 is 19.1 Å². The Hall–Kier alpha value is -2.90. The number of nitrogens with one attached hydrogen (secondary N) is 1. The van der Waals surface area contributed by atoms with Crippen LogP contribution >= 0.6 is 0 Å². The van der Waals surface area contributed by atoms with Gasteiger partial charge in [-0.2, -0.15) is 5.10 Å². The van der Waals surface area contributed by atoms with Crippen molar-refractivity contribution in [3.8, 4) is 11.5 Å². The first kappa shape index (κ1) is 20.4. The number of benzene rings is 2. The molecule has 1 N–H and O–H groups in total. The third kappa shape index (κ3) is 4.47. The fraction of sp³-hybridized carbons (Fsp3) is 0.391. The van der Waals surface area contributed by atoms with Crippen LogP contribution in [0.3, 0.4) is 0 Å². The van der Waals surface area contributed by atoms with E-state index in [0.717, 1.165) is 41.4 Å². The second-order valence-electron chi connectivity index (χ2n) is 7.55. The van der Waals surface area contributed by atoms with Gasteiger partial charge in [0.15, 0.2) is 6.54 Å². The average molecular weight is 410 g/mol. The second kappa shape index (κ2) is 9.28. The number of carbonyl (C=O) groups is 1. The maximum atomic E-state index is 13.2. The van der Waals surface area contributed by atoms with Crippen LogP contribution in [-0.2, 0) is 9.53 Å². The Kier molecular flexibility index (Phi) is 6.30. The summed E-state index contributed by atoms with van der Waals surface area (Å²) in [4.78, 5) is 14.5. The van der Waals surface area contributed by atoms with Crippen molar-refractivity contribution in [3.05, 3.63) is 59.7 Å². The maximum absolute atomic E-state index is 13.2. The van der Waals surface area contributed by atoms with Crippen LogP contribution in [0.5, 0.6) is 11.5 Å². The minimum atomic E-state index is -0.124. The zero-order valence-electron chi connectivity index (χ0n) is 17.5. The molecule has 1 saturated heterocycles. The van der Waals surface area contributed by atoms with Crippen molar-refractivity contribution in [1.29, 1.82) is 0 Å². The van der Waals surface area contributed by atoms with Gasteiger partial charge in [0.05, 0.1) is 39.2 Å². The number of hydrogen-bond donors (Lipinski definition) is 1. The summed E-state index contributed by atoms with van der Waals surface area (Å²) < 4.78 is 16.0. The van der Waals surface area contributed by atoms with Crippen LogP contribution in [0.1, 0.15) is 23.6 Å². The molecule has 2 aliphatic rings. The SMILES string of the molecule is COc1ccc(C2=NN(C(=O)C[NH+]3CCOCC3)[C@H](c3ccc(OC)cc3)C2)cc1. The highest BCUT2D eigenvalue weighted by Crippen LogP contribution is 2.33. The molecule has 30 heavy (non-hydrogen) atoms. The predicted octanol–water partition coefficient (Wildman–Crippen LogP) is 1.30. The average Bonchev–Trinajstić information content (AvgIpc) is 3.25. The molecule has 158 valence electrons. The van der Waals surface area contributed by atoms with E-state index in [4.69, 9.17) is 19.3 Å². The zero-order valence-corrected chi connectivity index (χ0v) is 17.5. The first-order valence-corrected chi connectivity index (χ1v) is 10.3. The van der Waals surface area contributed by atoms with Crippen LogP contribution in [0.4, 0.5) is 0 Å². The van der Waals surface area contributed by atoms with Gasteiger partial charge in [-0.25, -0.2) is 5.01 Å². The fourth-order valence-electron chi connectivity index (χ4n) is 3.92. The molecule has 2 aliphatic heterocycles. The molecule has 1 amide bonds. The van der Waals surface area contributed by atoms with Crippen molar-refractivity contribution >= 4 is 11.6 Å². The van der Waals surface area contributed by atoms with Gasteiger partial charge in [0.1, 0.15) is 24.6 Å². The quantitative estimate of drug-likeness (QED) is 0.780. The largest absolute Gasteiger partial charge is 0.497 e. The molecular weight excluding hydrogens is 382 g/mol. The fourth-order valence-corrected chi connectivity index (χ4v) is 3.92. The number of morpholine rings is 1. The number of nitrogens with zero attached hydrogens (tertiary/aromatic N) is 2. The number of methoxy groups -OCH3 is 2. The summed E-state index contributed by atoms with van der Waals surface area (Å²) in [7, 11) is 3.30. The number of amides is 1. The molecule has 0 spiro atoms. The number of carbonyl (C=O) groups excluding carboxylic acids is 1. The van der Waals surface area contributed by atoms with Crippen LogP contribution in [-0.4, -0.2) is 63.7 Å². The van der Waals surface area contributed by atoms with E-state index in [9.17, 15) is 4.79 Å². The van der Waals surface area contributed by atoms with E-state index in [1.807, 2.05) is 48.5 Å². The van der Waals surface area contributed by atoms with E-state index in [1.54, 1.807) is 19.2 Å². The highest BCUT2D eigenvalue weighted by molar-refractivity contribution is 6.03. The summed E-state index contributed by atoms with van der Waals surface area (Å²) in [6.07, 6.45) is 0.669. The highest BCUT2D eigenvalue weighted by atomic mass is 16.5. The van der Waals surface area contributed by atoms with Crippen LogP contribution in [0.15, 0.2) is 53.6 Å². The minimum Gasteiger partial charge on any atom is -0.497 e. The number of hydrazone groups is 1. The van der Waals surface area contributed by atoms with E-state index in [0.29, 0.717) is 26.2 Å². The maximum Gasteiger partial charge on any atom is 0.298 e. The van der Waals surface area contributed by atoms with Gasteiger partial charge in [-0.05, 0) is 47.5 Å². The molecule has 2 aromatic carbocycles. The number of quaternary nitrogens is 1. The third-order valence-electron chi connectivity index (χ3n) is 5.69.